The molecule has 0 aromatic carbocycles. The standard InChI is InChI=1S/C6H12NO/c1-3-7-4-2-6-8-5-1/h1-6H2. The molecule has 1 radical (unpaired) electrons. The largest absolute Gasteiger partial charge is 0.381 e. The molecule has 1 aliphatic heterocycles. The van der Waals surface area contributed by atoms with E-state index in [0.29, 0.717) is 0 Å². The number of hydrogen-bond donors (Lipinski definition) is 0. The Balaban J connectivity index is 2.00. The van der Waals surface area contributed by atoms with Gasteiger partial charge in [0.05, 0.1) is 0 Å². The van der Waals surface area contributed by atoms with Crippen molar-refractivity contribution >= 4 is 0 Å². The SMILES string of the molecule is C1C[N]CCCOC1. The van der Waals surface area contributed by atoms with Crippen LogP contribution < -0.4 is 5.32 Å². The van der Waals surface area contributed by atoms with Crippen LogP contribution in [0.5, 0.6) is 0 Å². The zero-order chi connectivity index (χ0) is 5.66. The third-order valence-electron chi connectivity index (χ3n) is 1.21. The smallest absolute Gasteiger partial charge is 0.0478 e. The van der Waals surface area contributed by atoms with E-state index in [1.807, 2.05) is 0 Å². The van der Waals surface area contributed by atoms with Gasteiger partial charge in [-0.05, 0) is 12.8 Å². The lowest BCUT2D eigenvalue weighted by molar-refractivity contribution is 0.120. The Hall–Kier alpha value is -0.0800. The van der Waals surface area contributed by atoms with E-state index in [0.717, 1.165) is 39.1 Å². The Labute approximate surface area is 50.2 Å². The highest BCUT2D eigenvalue weighted by Crippen LogP contribution is 1.89. The average molecular weight is 114 g/mol. The number of rotatable bonds is 0. The number of ether oxygens (including phenoxy) is 1. The maximum absolute atomic E-state index is 5.21. The maximum Gasteiger partial charge on any atom is 0.0478 e. The van der Waals surface area contributed by atoms with Crippen LogP contribution in [0.2, 0.25) is 0 Å². The van der Waals surface area contributed by atoms with Crippen LogP contribution in [0.15, 0.2) is 0 Å². The maximum atomic E-state index is 5.21. The summed E-state index contributed by atoms with van der Waals surface area (Å²) in [4.78, 5) is 0. The fourth-order valence-electron chi connectivity index (χ4n) is 0.771. The van der Waals surface area contributed by atoms with Gasteiger partial charge in [-0.1, -0.05) is 0 Å². The second-order valence-corrected chi connectivity index (χ2v) is 1.99. The molecule has 0 unspecified atom stereocenters. The molecule has 1 aliphatic rings. The van der Waals surface area contributed by atoms with Crippen molar-refractivity contribution in [3.05, 3.63) is 0 Å². The predicted molar refractivity (Wildman–Crippen MR) is 31.9 cm³/mol. The molecule has 0 aliphatic carbocycles. The third-order valence-corrected chi connectivity index (χ3v) is 1.21. The fourth-order valence-corrected chi connectivity index (χ4v) is 0.771. The molecule has 1 rings (SSSR count). The zero-order valence-corrected chi connectivity index (χ0v) is 5.10. The van der Waals surface area contributed by atoms with Crippen LogP contribution in [-0.4, -0.2) is 26.3 Å². The summed E-state index contributed by atoms with van der Waals surface area (Å²) in [5, 5.41) is 4.25. The minimum Gasteiger partial charge on any atom is -0.381 e. The highest BCUT2D eigenvalue weighted by Gasteiger charge is 1.95. The summed E-state index contributed by atoms with van der Waals surface area (Å²) in [6.07, 6.45) is 2.22. The number of nitrogens with zero attached hydrogens (tertiary/aromatic N) is 1. The lowest BCUT2D eigenvalue weighted by Gasteiger charge is -2.07. The summed E-state index contributed by atoms with van der Waals surface area (Å²) in [7, 11) is 0. The van der Waals surface area contributed by atoms with E-state index in [1.54, 1.807) is 0 Å². The first-order valence-electron chi connectivity index (χ1n) is 3.21. The summed E-state index contributed by atoms with van der Waals surface area (Å²) in [6, 6.07) is 0. The molecular weight excluding hydrogens is 102 g/mol. The molecule has 1 saturated heterocycles. The summed E-state index contributed by atoms with van der Waals surface area (Å²) in [5.74, 6) is 0. The van der Waals surface area contributed by atoms with E-state index < -0.39 is 0 Å². The van der Waals surface area contributed by atoms with Gasteiger partial charge < -0.3 is 4.74 Å². The van der Waals surface area contributed by atoms with Crippen LogP contribution in [0.4, 0.5) is 0 Å². The highest BCUT2D eigenvalue weighted by molar-refractivity contribution is 4.50. The van der Waals surface area contributed by atoms with E-state index in [-0.39, 0.29) is 0 Å². The van der Waals surface area contributed by atoms with Gasteiger partial charge in [0, 0.05) is 26.3 Å². The molecule has 8 heavy (non-hydrogen) atoms. The van der Waals surface area contributed by atoms with Crippen molar-refractivity contribution in [1.82, 2.24) is 5.32 Å². The second-order valence-electron chi connectivity index (χ2n) is 1.99. The quantitative estimate of drug-likeness (QED) is 0.447. The van der Waals surface area contributed by atoms with Crippen molar-refractivity contribution in [2.24, 2.45) is 0 Å². The van der Waals surface area contributed by atoms with Gasteiger partial charge in [-0.2, -0.15) is 0 Å². The van der Waals surface area contributed by atoms with Gasteiger partial charge in [0.25, 0.3) is 0 Å². The summed E-state index contributed by atoms with van der Waals surface area (Å²) >= 11 is 0. The summed E-state index contributed by atoms with van der Waals surface area (Å²) < 4.78 is 5.21. The molecule has 1 heterocycles. The van der Waals surface area contributed by atoms with Crippen molar-refractivity contribution in [2.45, 2.75) is 12.8 Å². The van der Waals surface area contributed by atoms with Gasteiger partial charge in [-0.15, -0.1) is 0 Å². The Kier molecular flexibility index (Phi) is 2.92. The van der Waals surface area contributed by atoms with Gasteiger partial charge in [0.15, 0.2) is 0 Å². The summed E-state index contributed by atoms with van der Waals surface area (Å²) in [6.45, 7) is 3.81. The Morgan fingerprint density at radius 2 is 1.62 bits per heavy atom. The Bertz CT molecular complexity index is 32.5. The zero-order valence-electron chi connectivity index (χ0n) is 5.10. The molecule has 2 heteroatoms. The van der Waals surface area contributed by atoms with Gasteiger partial charge in [0.1, 0.15) is 0 Å². The molecule has 0 bridgehead atoms. The molecule has 0 saturated carbocycles. The first-order valence-corrected chi connectivity index (χ1v) is 3.21. The molecule has 0 spiro atoms. The molecule has 47 valence electrons. The minimum absolute atomic E-state index is 0.906. The highest BCUT2D eigenvalue weighted by atomic mass is 16.5. The first kappa shape index (κ1) is 6.05. The van der Waals surface area contributed by atoms with Crippen molar-refractivity contribution in [2.75, 3.05) is 26.3 Å². The van der Waals surface area contributed by atoms with Crippen molar-refractivity contribution in [1.29, 1.82) is 0 Å². The van der Waals surface area contributed by atoms with Crippen LogP contribution >= 0.6 is 0 Å². The molecular formula is C6H12NO. The molecule has 2 nitrogen and oxygen atoms in total. The predicted octanol–water partition coefficient (Wildman–Crippen LogP) is 0.401. The third kappa shape index (κ3) is 2.28. The molecule has 0 N–H and O–H groups in total. The van der Waals surface area contributed by atoms with E-state index >= 15 is 0 Å². The average Bonchev–Trinajstić information content (AvgIpc) is 1.62. The normalized spacial score (nSPS) is 24.0. The minimum atomic E-state index is 0.906. The molecule has 0 aromatic heterocycles. The molecule has 0 aromatic rings. The molecule has 0 amide bonds. The van der Waals surface area contributed by atoms with E-state index in [2.05, 4.69) is 5.32 Å². The first-order chi connectivity index (χ1) is 4.00. The monoisotopic (exact) mass is 114 g/mol. The van der Waals surface area contributed by atoms with Gasteiger partial charge >= 0.3 is 0 Å². The van der Waals surface area contributed by atoms with Crippen molar-refractivity contribution < 1.29 is 4.74 Å². The summed E-state index contributed by atoms with van der Waals surface area (Å²) in [5.41, 5.74) is 0. The Morgan fingerprint density at radius 1 is 1.00 bits per heavy atom. The number of hydrogen-bond acceptors (Lipinski definition) is 1. The van der Waals surface area contributed by atoms with E-state index in [4.69, 9.17) is 4.74 Å². The van der Waals surface area contributed by atoms with Gasteiger partial charge in [0.2, 0.25) is 0 Å². The van der Waals surface area contributed by atoms with Crippen LogP contribution in [-0.2, 0) is 4.74 Å². The van der Waals surface area contributed by atoms with Crippen molar-refractivity contribution in [3.63, 3.8) is 0 Å². The van der Waals surface area contributed by atoms with Crippen molar-refractivity contribution in [3.8, 4) is 0 Å². The fraction of sp³-hybridized carbons (Fsp3) is 1.00. The Morgan fingerprint density at radius 3 is 2.25 bits per heavy atom. The van der Waals surface area contributed by atoms with Gasteiger partial charge in [-0.3, -0.25) is 0 Å². The lowest BCUT2D eigenvalue weighted by Crippen LogP contribution is -2.16. The van der Waals surface area contributed by atoms with Gasteiger partial charge in [-0.25, -0.2) is 5.32 Å². The van der Waals surface area contributed by atoms with E-state index in [1.165, 1.54) is 0 Å². The molecule has 1 fully saturated rings. The topological polar surface area (TPSA) is 23.3 Å². The van der Waals surface area contributed by atoms with Crippen LogP contribution in [0.1, 0.15) is 12.8 Å². The van der Waals surface area contributed by atoms with Crippen LogP contribution in [0, 0.1) is 0 Å². The van der Waals surface area contributed by atoms with Crippen LogP contribution in [0.25, 0.3) is 0 Å². The van der Waals surface area contributed by atoms with Crippen LogP contribution in [0.3, 0.4) is 0 Å². The lowest BCUT2D eigenvalue weighted by atomic mass is 10.4. The van der Waals surface area contributed by atoms with E-state index in [9.17, 15) is 0 Å². The second kappa shape index (κ2) is 3.87. The molecule has 0 atom stereocenters.